The molecule has 1 unspecified atom stereocenters. The van der Waals surface area contributed by atoms with E-state index in [1.54, 1.807) is 0 Å². The number of rotatable bonds is 6. The average Bonchev–Trinajstić information content (AvgIpc) is 3.20. The van der Waals surface area contributed by atoms with Crippen LogP contribution in [0.3, 0.4) is 0 Å². The minimum atomic E-state index is -0.149. The minimum Gasteiger partial charge on any atom is -0.399 e. The van der Waals surface area contributed by atoms with E-state index in [1.165, 1.54) is 0 Å². The molecule has 1 fully saturated rings. The molecule has 0 radical (unpaired) electrons. The minimum absolute atomic E-state index is 0.118. The van der Waals surface area contributed by atoms with Crippen molar-refractivity contribution in [3.8, 4) is 0 Å². The second-order valence-corrected chi connectivity index (χ2v) is 5.24. The van der Waals surface area contributed by atoms with Gasteiger partial charge in [-0.15, -0.1) is 0 Å². The van der Waals surface area contributed by atoms with Gasteiger partial charge in [0.15, 0.2) is 0 Å². The Bertz CT molecular complexity index is 426. The first-order chi connectivity index (χ1) is 9.11. The highest BCUT2D eigenvalue weighted by Crippen LogP contribution is 2.22. The van der Waals surface area contributed by atoms with E-state index in [0.29, 0.717) is 6.04 Å². The van der Waals surface area contributed by atoms with Crippen LogP contribution < -0.4 is 16.0 Å². The third-order valence-electron chi connectivity index (χ3n) is 3.46. The largest absolute Gasteiger partial charge is 0.399 e. The Morgan fingerprint density at radius 2 is 2.05 bits per heavy atom. The predicted octanol–water partition coefficient (Wildman–Crippen LogP) is 2.15. The van der Waals surface area contributed by atoms with Gasteiger partial charge < -0.3 is 16.0 Å². The van der Waals surface area contributed by atoms with Gasteiger partial charge in [-0.25, -0.2) is 0 Å². The Kier molecular flexibility index (Phi) is 4.30. The highest BCUT2D eigenvalue weighted by Gasteiger charge is 2.28. The smallest absolute Gasteiger partial charge is 0.242 e. The Morgan fingerprint density at radius 1 is 1.42 bits per heavy atom. The van der Waals surface area contributed by atoms with Gasteiger partial charge >= 0.3 is 0 Å². The number of nitrogens with two attached hydrogens (primary N) is 1. The summed E-state index contributed by atoms with van der Waals surface area (Å²) in [7, 11) is 0. The lowest BCUT2D eigenvalue weighted by atomic mass is 10.2. The van der Waals surface area contributed by atoms with Crippen LogP contribution in [-0.2, 0) is 4.79 Å². The molecule has 0 aliphatic heterocycles. The molecule has 0 saturated heterocycles. The predicted molar refractivity (Wildman–Crippen MR) is 79.1 cm³/mol. The van der Waals surface area contributed by atoms with Crippen LogP contribution in [0, 0.1) is 0 Å². The molecule has 4 nitrogen and oxygen atoms in total. The fourth-order valence-corrected chi connectivity index (χ4v) is 2.14. The van der Waals surface area contributed by atoms with E-state index in [9.17, 15) is 4.79 Å². The lowest BCUT2D eigenvalue weighted by molar-refractivity contribution is -0.122. The topological polar surface area (TPSA) is 58.4 Å². The van der Waals surface area contributed by atoms with Crippen LogP contribution >= 0.6 is 0 Å². The van der Waals surface area contributed by atoms with Crippen LogP contribution in [0.25, 0.3) is 0 Å². The van der Waals surface area contributed by atoms with Gasteiger partial charge in [0.25, 0.3) is 0 Å². The molecule has 0 spiro atoms. The molecule has 1 aromatic carbocycles. The first-order valence-corrected chi connectivity index (χ1v) is 7.04. The van der Waals surface area contributed by atoms with Gasteiger partial charge in [0.1, 0.15) is 6.04 Å². The van der Waals surface area contributed by atoms with Crippen LogP contribution in [0.15, 0.2) is 24.3 Å². The first kappa shape index (κ1) is 13.7. The summed E-state index contributed by atoms with van der Waals surface area (Å²) < 4.78 is 0. The SMILES string of the molecule is CCCN(c1ccc(N)cc1)C(C)C(=O)NC1CC1. The number of nitrogens with one attached hydrogen (secondary N) is 1. The number of carbonyl (C=O) groups excluding carboxylic acids is 1. The molecule has 104 valence electrons. The molecule has 2 rings (SSSR count). The molecule has 0 bridgehead atoms. The molecule has 0 heterocycles. The van der Waals surface area contributed by atoms with Crippen molar-refractivity contribution in [2.75, 3.05) is 17.2 Å². The van der Waals surface area contributed by atoms with Crippen molar-refractivity contribution >= 4 is 17.3 Å². The number of hydrogen-bond acceptors (Lipinski definition) is 3. The van der Waals surface area contributed by atoms with Gasteiger partial charge in [-0.1, -0.05) is 6.92 Å². The molecule has 3 N–H and O–H groups in total. The molecule has 1 atom stereocenters. The second kappa shape index (κ2) is 5.95. The van der Waals surface area contributed by atoms with E-state index in [1.807, 2.05) is 31.2 Å². The maximum atomic E-state index is 12.2. The van der Waals surface area contributed by atoms with E-state index >= 15 is 0 Å². The van der Waals surface area contributed by atoms with E-state index in [-0.39, 0.29) is 11.9 Å². The fraction of sp³-hybridized carbons (Fsp3) is 0.533. The summed E-state index contributed by atoms with van der Waals surface area (Å²) in [6.07, 6.45) is 3.24. The number of nitrogens with zero attached hydrogens (tertiary/aromatic N) is 1. The van der Waals surface area contributed by atoms with Crippen LogP contribution in [0.5, 0.6) is 0 Å². The van der Waals surface area contributed by atoms with Crippen molar-refractivity contribution in [3.63, 3.8) is 0 Å². The summed E-state index contributed by atoms with van der Waals surface area (Å²) >= 11 is 0. The number of benzene rings is 1. The number of anilines is 2. The molecule has 1 aliphatic rings. The van der Waals surface area contributed by atoms with Crippen molar-refractivity contribution < 1.29 is 4.79 Å². The Hall–Kier alpha value is -1.71. The van der Waals surface area contributed by atoms with E-state index in [0.717, 1.165) is 37.2 Å². The third-order valence-corrected chi connectivity index (χ3v) is 3.46. The van der Waals surface area contributed by atoms with Gasteiger partial charge in [0.05, 0.1) is 0 Å². The van der Waals surface area contributed by atoms with Crippen LogP contribution in [0.2, 0.25) is 0 Å². The van der Waals surface area contributed by atoms with E-state index in [4.69, 9.17) is 5.73 Å². The summed E-state index contributed by atoms with van der Waals surface area (Å²) in [5.41, 5.74) is 7.51. The highest BCUT2D eigenvalue weighted by atomic mass is 16.2. The van der Waals surface area contributed by atoms with Crippen LogP contribution in [0.4, 0.5) is 11.4 Å². The molecular formula is C15H23N3O. The van der Waals surface area contributed by atoms with E-state index < -0.39 is 0 Å². The van der Waals surface area contributed by atoms with Gasteiger partial charge in [0, 0.05) is 24.0 Å². The van der Waals surface area contributed by atoms with Crippen LogP contribution in [-0.4, -0.2) is 24.5 Å². The number of amides is 1. The van der Waals surface area contributed by atoms with Crippen molar-refractivity contribution in [2.24, 2.45) is 0 Å². The van der Waals surface area contributed by atoms with Gasteiger partial charge in [-0.3, -0.25) is 4.79 Å². The van der Waals surface area contributed by atoms with Gasteiger partial charge in [0.2, 0.25) is 5.91 Å². The Balaban J connectivity index is 2.08. The maximum Gasteiger partial charge on any atom is 0.242 e. The molecule has 1 aliphatic carbocycles. The molecule has 4 heteroatoms. The zero-order chi connectivity index (χ0) is 13.8. The molecule has 19 heavy (non-hydrogen) atoms. The number of carbonyl (C=O) groups is 1. The summed E-state index contributed by atoms with van der Waals surface area (Å²) in [4.78, 5) is 14.3. The monoisotopic (exact) mass is 261 g/mol. The summed E-state index contributed by atoms with van der Waals surface area (Å²) in [5, 5.41) is 3.07. The molecule has 1 aromatic rings. The van der Waals surface area contributed by atoms with Gasteiger partial charge in [-0.05, 0) is 50.5 Å². The highest BCUT2D eigenvalue weighted by molar-refractivity contribution is 5.85. The quantitative estimate of drug-likeness (QED) is 0.771. The molecule has 1 amide bonds. The average molecular weight is 261 g/mol. The summed E-state index contributed by atoms with van der Waals surface area (Å²) in [6.45, 7) is 4.95. The van der Waals surface area contributed by atoms with Crippen molar-refractivity contribution in [2.45, 2.75) is 45.2 Å². The normalized spacial score (nSPS) is 15.9. The lowest BCUT2D eigenvalue weighted by Gasteiger charge is -2.30. The Morgan fingerprint density at radius 3 is 2.58 bits per heavy atom. The lowest BCUT2D eigenvalue weighted by Crippen LogP contribution is -2.46. The molecular weight excluding hydrogens is 238 g/mol. The van der Waals surface area contributed by atoms with Crippen LogP contribution in [0.1, 0.15) is 33.1 Å². The standard InChI is InChI=1S/C15H23N3O/c1-3-10-18(14-8-4-12(16)5-9-14)11(2)15(19)17-13-6-7-13/h4-5,8-9,11,13H,3,6-7,10,16H2,1-2H3,(H,17,19). The fourth-order valence-electron chi connectivity index (χ4n) is 2.14. The van der Waals surface area contributed by atoms with Crippen molar-refractivity contribution in [1.29, 1.82) is 0 Å². The molecule has 0 aromatic heterocycles. The summed E-state index contributed by atoms with van der Waals surface area (Å²) in [5.74, 6) is 0.118. The van der Waals surface area contributed by atoms with E-state index in [2.05, 4.69) is 17.1 Å². The first-order valence-electron chi connectivity index (χ1n) is 7.04. The number of hydrogen-bond donors (Lipinski definition) is 2. The third kappa shape index (κ3) is 3.63. The molecule has 1 saturated carbocycles. The maximum absolute atomic E-state index is 12.2. The zero-order valence-corrected chi connectivity index (χ0v) is 11.7. The second-order valence-electron chi connectivity index (χ2n) is 5.24. The van der Waals surface area contributed by atoms with Crippen molar-refractivity contribution in [3.05, 3.63) is 24.3 Å². The zero-order valence-electron chi connectivity index (χ0n) is 11.7. The van der Waals surface area contributed by atoms with Crippen molar-refractivity contribution in [1.82, 2.24) is 5.32 Å². The Labute approximate surface area is 115 Å². The number of nitrogen functional groups attached to an aromatic ring is 1. The summed E-state index contributed by atoms with van der Waals surface area (Å²) in [6, 6.07) is 7.97. The van der Waals surface area contributed by atoms with Gasteiger partial charge in [-0.2, -0.15) is 0 Å².